The monoisotopic (exact) mass is 332 g/mol. The molecule has 1 amide bonds. The number of hydrogen-bond donors (Lipinski definition) is 0. The molecule has 8 nitrogen and oxygen atoms in total. The predicted molar refractivity (Wildman–Crippen MR) is 87.6 cm³/mol. The second-order valence-corrected chi connectivity index (χ2v) is 6.66. The summed E-state index contributed by atoms with van der Waals surface area (Å²) in [4.78, 5) is 21.1. The van der Waals surface area contributed by atoms with Crippen molar-refractivity contribution in [2.75, 3.05) is 26.7 Å². The van der Waals surface area contributed by atoms with Crippen molar-refractivity contribution in [1.29, 1.82) is 0 Å². The Morgan fingerprint density at radius 2 is 2.08 bits per heavy atom. The highest BCUT2D eigenvalue weighted by Crippen LogP contribution is 2.24. The Labute approximate surface area is 141 Å². The van der Waals surface area contributed by atoms with Crippen molar-refractivity contribution < 1.29 is 9.32 Å². The molecular formula is C16H24N6O2. The van der Waals surface area contributed by atoms with E-state index in [0.717, 1.165) is 12.2 Å². The maximum atomic E-state index is 12.8. The molecule has 1 fully saturated rings. The fraction of sp³-hybridized carbons (Fsp3) is 0.625. The molecular weight excluding hydrogens is 308 g/mol. The number of aromatic nitrogens is 4. The summed E-state index contributed by atoms with van der Waals surface area (Å²) in [5.41, 5.74) is 1.54. The van der Waals surface area contributed by atoms with Crippen LogP contribution in [0.15, 0.2) is 10.6 Å². The number of aryl methyl sites for hydroxylation is 2. The number of amides is 1. The molecule has 2 aromatic rings. The lowest BCUT2D eigenvalue weighted by atomic mass is 10.1. The van der Waals surface area contributed by atoms with Crippen molar-refractivity contribution in [3.8, 4) is 0 Å². The van der Waals surface area contributed by atoms with Crippen molar-refractivity contribution >= 4 is 5.91 Å². The number of carbonyl (C=O) groups excluding carboxylic acids is 1. The third-order valence-corrected chi connectivity index (χ3v) is 4.49. The Kier molecular flexibility index (Phi) is 4.40. The van der Waals surface area contributed by atoms with Gasteiger partial charge in [-0.3, -0.25) is 14.4 Å². The average Bonchev–Trinajstić information content (AvgIpc) is 3.13. The van der Waals surface area contributed by atoms with Gasteiger partial charge in [0.05, 0.1) is 0 Å². The maximum absolute atomic E-state index is 12.8. The van der Waals surface area contributed by atoms with Gasteiger partial charge in [0, 0.05) is 32.4 Å². The lowest BCUT2D eigenvalue weighted by Crippen LogP contribution is -2.49. The zero-order valence-corrected chi connectivity index (χ0v) is 14.9. The van der Waals surface area contributed by atoms with E-state index in [2.05, 4.69) is 34.0 Å². The summed E-state index contributed by atoms with van der Waals surface area (Å²) in [6.45, 7) is 7.91. The second-order valence-electron chi connectivity index (χ2n) is 6.66. The predicted octanol–water partition coefficient (Wildman–Crippen LogP) is 1.36. The molecule has 1 saturated heterocycles. The molecule has 8 heteroatoms. The van der Waals surface area contributed by atoms with E-state index in [0.29, 0.717) is 36.4 Å². The van der Waals surface area contributed by atoms with Gasteiger partial charge in [-0.25, -0.2) is 0 Å². The highest BCUT2D eigenvalue weighted by atomic mass is 16.5. The Morgan fingerprint density at radius 3 is 2.67 bits per heavy atom. The number of piperazine rings is 1. The Hall–Kier alpha value is -2.22. The Balaban J connectivity index is 1.79. The molecule has 1 aliphatic rings. The number of carbonyl (C=O) groups is 1. The van der Waals surface area contributed by atoms with Gasteiger partial charge in [0.2, 0.25) is 5.89 Å². The zero-order chi connectivity index (χ0) is 17.4. The van der Waals surface area contributed by atoms with E-state index in [-0.39, 0.29) is 11.9 Å². The van der Waals surface area contributed by atoms with Crippen molar-refractivity contribution in [2.24, 2.45) is 7.05 Å². The number of rotatable bonds is 3. The summed E-state index contributed by atoms with van der Waals surface area (Å²) in [6, 6.07) is 1.80. The highest BCUT2D eigenvalue weighted by molar-refractivity contribution is 5.92. The molecule has 130 valence electrons. The van der Waals surface area contributed by atoms with E-state index in [9.17, 15) is 4.79 Å². The van der Waals surface area contributed by atoms with E-state index in [1.165, 1.54) is 0 Å². The van der Waals surface area contributed by atoms with Crippen LogP contribution in [0.3, 0.4) is 0 Å². The first-order valence-corrected chi connectivity index (χ1v) is 8.20. The minimum atomic E-state index is -0.0859. The van der Waals surface area contributed by atoms with Crippen molar-refractivity contribution in [2.45, 2.75) is 32.7 Å². The molecule has 1 aliphatic heterocycles. The minimum Gasteiger partial charge on any atom is -0.338 e. The minimum absolute atomic E-state index is 0.0492. The van der Waals surface area contributed by atoms with Crippen LogP contribution in [0.2, 0.25) is 0 Å². The van der Waals surface area contributed by atoms with Crippen LogP contribution in [0.1, 0.15) is 53.7 Å². The summed E-state index contributed by atoms with van der Waals surface area (Å²) < 4.78 is 7.09. The van der Waals surface area contributed by atoms with Crippen LogP contribution >= 0.6 is 0 Å². The molecule has 0 bridgehead atoms. The molecule has 2 aromatic heterocycles. The number of nitrogens with zero attached hydrogens (tertiary/aromatic N) is 6. The van der Waals surface area contributed by atoms with E-state index >= 15 is 0 Å². The van der Waals surface area contributed by atoms with E-state index in [1.807, 2.05) is 25.1 Å². The summed E-state index contributed by atoms with van der Waals surface area (Å²) in [7, 11) is 3.88. The summed E-state index contributed by atoms with van der Waals surface area (Å²) in [5.74, 6) is 1.43. The van der Waals surface area contributed by atoms with E-state index < -0.39 is 0 Å². The summed E-state index contributed by atoms with van der Waals surface area (Å²) >= 11 is 0. The zero-order valence-electron chi connectivity index (χ0n) is 14.9. The molecule has 0 saturated carbocycles. The first-order chi connectivity index (χ1) is 11.4. The van der Waals surface area contributed by atoms with Gasteiger partial charge in [-0.15, -0.1) is 0 Å². The molecule has 0 unspecified atom stereocenters. The third kappa shape index (κ3) is 3.06. The molecule has 0 spiro atoms. The van der Waals surface area contributed by atoms with Crippen LogP contribution in [0.25, 0.3) is 0 Å². The van der Waals surface area contributed by atoms with Gasteiger partial charge in [-0.05, 0) is 26.0 Å². The number of likely N-dealkylation sites (N-methyl/N-ethyl adjacent to an activating group) is 1. The van der Waals surface area contributed by atoms with Crippen molar-refractivity contribution in [3.05, 3.63) is 29.2 Å². The van der Waals surface area contributed by atoms with Gasteiger partial charge in [0.1, 0.15) is 6.04 Å². The first kappa shape index (κ1) is 16.6. The fourth-order valence-electron chi connectivity index (χ4n) is 3.06. The van der Waals surface area contributed by atoms with E-state index in [4.69, 9.17) is 4.52 Å². The van der Waals surface area contributed by atoms with Gasteiger partial charge >= 0.3 is 0 Å². The highest BCUT2D eigenvalue weighted by Gasteiger charge is 2.33. The molecule has 0 aromatic carbocycles. The average molecular weight is 332 g/mol. The van der Waals surface area contributed by atoms with Gasteiger partial charge in [0.15, 0.2) is 11.5 Å². The molecule has 24 heavy (non-hydrogen) atoms. The fourth-order valence-corrected chi connectivity index (χ4v) is 3.06. The van der Waals surface area contributed by atoms with Gasteiger partial charge < -0.3 is 9.42 Å². The first-order valence-electron chi connectivity index (χ1n) is 8.20. The normalized spacial score (nSPS) is 19.2. The standard InChI is InChI=1S/C16H24N6O2/c1-10(2)13-8-12(18-21(13)5)16(23)22-7-6-20(4)14(9-22)15-17-11(3)19-24-15/h8,10,14H,6-7,9H2,1-5H3/t14-/m1/s1. The molecule has 1 atom stereocenters. The number of hydrogen-bond acceptors (Lipinski definition) is 6. The summed E-state index contributed by atoms with van der Waals surface area (Å²) in [6.07, 6.45) is 0. The Bertz CT molecular complexity index is 735. The van der Waals surface area contributed by atoms with Crippen LogP contribution in [-0.4, -0.2) is 62.3 Å². The van der Waals surface area contributed by atoms with Gasteiger partial charge in [0.25, 0.3) is 5.91 Å². The van der Waals surface area contributed by atoms with Crippen molar-refractivity contribution in [1.82, 2.24) is 29.7 Å². The topological polar surface area (TPSA) is 80.3 Å². The van der Waals surface area contributed by atoms with Crippen LogP contribution in [0, 0.1) is 6.92 Å². The molecule has 0 aliphatic carbocycles. The third-order valence-electron chi connectivity index (χ3n) is 4.49. The summed E-state index contributed by atoms with van der Waals surface area (Å²) in [5, 5.41) is 8.25. The SMILES string of the molecule is Cc1noc([C@H]2CN(C(=O)c3cc(C(C)C)n(C)n3)CCN2C)n1. The second kappa shape index (κ2) is 6.35. The molecule has 3 heterocycles. The van der Waals surface area contributed by atoms with E-state index in [1.54, 1.807) is 11.6 Å². The van der Waals surface area contributed by atoms with Crippen LogP contribution in [-0.2, 0) is 7.05 Å². The van der Waals surface area contributed by atoms with Crippen LogP contribution < -0.4 is 0 Å². The van der Waals surface area contributed by atoms with Crippen LogP contribution in [0.4, 0.5) is 0 Å². The van der Waals surface area contributed by atoms with Crippen molar-refractivity contribution in [3.63, 3.8) is 0 Å². The van der Waals surface area contributed by atoms with Crippen LogP contribution in [0.5, 0.6) is 0 Å². The quantitative estimate of drug-likeness (QED) is 0.844. The van der Waals surface area contributed by atoms with Gasteiger partial charge in [-0.2, -0.15) is 10.1 Å². The lowest BCUT2D eigenvalue weighted by Gasteiger charge is -2.37. The molecule has 3 rings (SSSR count). The molecule has 0 radical (unpaired) electrons. The molecule has 0 N–H and O–H groups in total. The Morgan fingerprint density at radius 1 is 1.33 bits per heavy atom. The van der Waals surface area contributed by atoms with Gasteiger partial charge in [-0.1, -0.05) is 19.0 Å². The smallest absolute Gasteiger partial charge is 0.274 e. The largest absolute Gasteiger partial charge is 0.338 e. The maximum Gasteiger partial charge on any atom is 0.274 e. The lowest BCUT2D eigenvalue weighted by molar-refractivity contribution is 0.0483.